The summed E-state index contributed by atoms with van der Waals surface area (Å²) in [7, 11) is 0. The van der Waals surface area contributed by atoms with E-state index in [1.165, 1.54) is 17.4 Å². The van der Waals surface area contributed by atoms with Crippen molar-refractivity contribution in [3.8, 4) is 0 Å². The Kier molecular flexibility index (Phi) is 2.89. The zero-order valence-electron chi connectivity index (χ0n) is 10.2. The summed E-state index contributed by atoms with van der Waals surface area (Å²) in [4.78, 5) is 0. The summed E-state index contributed by atoms with van der Waals surface area (Å²) in [6.07, 6.45) is 1.25. The minimum atomic E-state index is 0.377. The molecule has 1 aliphatic rings. The van der Waals surface area contributed by atoms with Gasteiger partial charge in [0.1, 0.15) is 11.3 Å². The number of hydrogen-bond acceptors (Lipinski definition) is 3. The molecule has 1 fully saturated rings. The molecule has 1 aliphatic heterocycles. The molecule has 2 aromatic rings. The maximum absolute atomic E-state index is 5.83. The van der Waals surface area contributed by atoms with E-state index in [2.05, 4.69) is 31.3 Å². The van der Waals surface area contributed by atoms with Gasteiger partial charge in [-0.1, -0.05) is 25.1 Å². The van der Waals surface area contributed by atoms with Crippen LogP contribution in [0.4, 0.5) is 0 Å². The van der Waals surface area contributed by atoms with Crippen molar-refractivity contribution in [2.75, 3.05) is 6.54 Å². The fourth-order valence-corrected chi connectivity index (χ4v) is 3.81. The molecule has 0 amide bonds. The van der Waals surface area contributed by atoms with Crippen molar-refractivity contribution in [1.29, 1.82) is 0 Å². The fraction of sp³-hybridized carbons (Fsp3) is 0.429. The highest BCUT2D eigenvalue weighted by Crippen LogP contribution is 2.40. The molecule has 1 saturated heterocycles. The molecule has 2 heterocycles. The Balaban J connectivity index is 2.06. The summed E-state index contributed by atoms with van der Waals surface area (Å²) in [6, 6.07) is 8.31. The number of furan rings is 1. The van der Waals surface area contributed by atoms with Crippen molar-refractivity contribution in [3.63, 3.8) is 0 Å². The van der Waals surface area contributed by atoms with Gasteiger partial charge in [-0.2, -0.15) is 0 Å². The van der Waals surface area contributed by atoms with E-state index in [1.807, 2.05) is 23.9 Å². The summed E-state index contributed by atoms with van der Waals surface area (Å²) >= 11 is 2.00. The van der Waals surface area contributed by atoms with Crippen molar-refractivity contribution in [2.24, 2.45) is 0 Å². The highest BCUT2D eigenvalue weighted by Gasteiger charge is 2.25. The second kappa shape index (κ2) is 4.39. The molecule has 2 unspecified atom stereocenters. The van der Waals surface area contributed by atoms with E-state index < -0.39 is 0 Å². The monoisotopic (exact) mass is 247 g/mol. The molecular weight excluding hydrogens is 230 g/mol. The Morgan fingerprint density at radius 1 is 1.35 bits per heavy atom. The standard InChI is InChI=1S/C14H17NOS/c1-9-7-8-15-14(17-9)13-10(2)16-12-6-4-3-5-11(12)13/h3-6,9,14-15H,7-8H2,1-2H3. The number of benzene rings is 1. The molecular formula is C14H17NOS. The highest BCUT2D eigenvalue weighted by molar-refractivity contribution is 8.00. The van der Waals surface area contributed by atoms with Gasteiger partial charge in [0.15, 0.2) is 0 Å². The average Bonchev–Trinajstić information content (AvgIpc) is 2.64. The fourth-order valence-electron chi connectivity index (χ4n) is 2.45. The Morgan fingerprint density at radius 3 is 3.00 bits per heavy atom. The summed E-state index contributed by atoms with van der Waals surface area (Å²) in [5.74, 6) is 1.05. The number of nitrogens with one attached hydrogen (secondary N) is 1. The highest BCUT2D eigenvalue weighted by atomic mass is 32.2. The van der Waals surface area contributed by atoms with Crippen LogP contribution in [-0.2, 0) is 0 Å². The third-order valence-corrected chi connectivity index (χ3v) is 4.71. The number of rotatable bonds is 1. The van der Waals surface area contributed by atoms with Crippen molar-refractivity contribution < 1.29 is 4.42 Å². The van der Waals surface area contributed by atoms with Gasteiger partial charge in [-0.05, 0) is 26.0 Å². The van der Waals surface area contributed by atoms with E-state index in [0.717, 1.165) is 17.9 Å². The first-order valence-electron chi connectivity index (χ1n) is 6.12. The molecule has 0 bridgehead atoms. The number of thioether (sulfide) groups is 1. The van der Waals surface area contributed by atoms with Gasteiger partial charge in [0.05, 0.1) is 5.37 Å². The maximum Gasteiger partial charge on any atom is 0.134 e. The molecule has 90 valence electrons. The minimum Gasteiger partial charge on any atom is -0.461 e. The van der Waals surface area contributed by atoms with E-state index in [1.54, 1.807) is 0 Å². The van der Waals surface area contributed by atoms with E-state index in [4.69, 9.17) is 4.42 Å². The van der Waals surface area contributed by atoms with Gasteiger partial charge in [0, 0.05) is 16.2 Å². The van der Waals surface area contributed by atoms with Crippen LogP contribution in [0.5, 0.6) is 0 Å². The predicted octanol–water partition coefficient (Wildman–Crippen LogP) is 3.85. The molecule has 1 aromatic carbocycles. The quantitative estimate of drug-likeness (QED) is 0.828. The molecule has 1 N–H and O–H groups in total. The first-order valence-corrected chi connectivity index (χ1v) is 7.07. The Morgan fingerprint density at radius 2 is 2.18 bits per heavy atom. The van der Waals surface area contributed by atoms with Gasteiger partial charge < -0.3 is 9.73 Å². The Bertz CT molecular complexity index is 534. The number of hydrogen-bond donors (Lipinski definition) is 1. The topological polar surface area (TPSA) is 25.2 Å². The summed E-state index contributed by atoms with van der Waals surface area (Å²) in [5, 5.41) is 5.94. The van der Waals surface area contributed by atoms with Crippen LogP contribution < -0.4 is 5.32 Å². The zero-order chi connectivity index (χ0) is 11.8. The molecule has 2 atom stereocenters. The molecule has 3 heteroatoms. The smallest absolute Gasteiger partial charge is 0.134 e. The van der Waals surface area contributed by atoms with Crippen LogP contribution in [0.25, 0.3) is 11.0 Å². The molecule has 0 saturated carbocycles. The second-order valence-electron chi connectivity index (χ2n) is 4.64. The maximum atomic E-state index is 5.83. The molecule has 0 spiro atoms. The average molecular weight is 247 g/mol. The lowest BCUT2D eigenvalue weighted by atomic mass is 10.1. The van der Waals surface area contributed by atoms with Crippen molar-refractivity contribution in [1.82, 2.24) is 5.32 Å². The Hall–Kier alpha value is -0.930. The van der Waals surface area contributed by atoms with E-state index in [9.17, 15) is 0 Å². The first kappa shape index (κ1) is 11.2. The normalized spacial score (nSPS) is 25.3. The molecule has 1 aromatic heterocycles. The van der Waals surface area contributed by atoms with Crippen molar-refractivity contribution >= 4 is 22.7 Å². The van der Waals surface area contributed by atoms with E-state index in [0.29, 0.717) is 10.6 Å². The summed E-state index contributed by atoms with van der Waals surface area (Å²) in [6.45, 7) is 5.46. The summed E-state index contributed by atoms with van der Waals surface area (Å²) in [5.41, 5.74) is 2.33. The van der Waals surface area contributed by atoms with Gasteiger partial charge in [-0.15, -0.1) is 11.8 Å². The molecule has 0 radical (unpaired) electrons. The van der Waals surface area contributed by atoms with Gasteiger partial charge in [-0.25, -0.2) is 0 Å². The van der Waals surface area contributed by atoms with E-state index in [-0.39, 0.29) is 0 Å². The van der Waals surface area contributed by atoms with Crippen LogP contribution in [0, 0.1) is 6.92 Å². The first-order chi connectivity index (χ1) is 8.25. The molecule has 3 rings (SSSR count). The van der Waals surface area contributed by atoms with Crippen LogP contribution >= 0.6 is 11.8 Å². The van der Waals surface area contributed by atoms with Crippen LogP contribution in [0.3, 0.4) is 0 Å². The predicted molar refractivity (Wildman–Crippen MR) is 73.4 cm³/mol. The number of aryl methyl sites for hydroxylation is 1. The van der Waals surface area contributed by atoms with Gasteiger partial charge in [0.2, 0.25) is 0 Å². The largest absolute Gasteiger partial charge is 0.461 e. The van der Waals surface area contributed by atoms with Gasteiger partial charge in [-0.3, -0.25) is 0 Å². The molecule has 17 heavy (non-hydrogen) atoms. The Labute approximate surface area is 106 Å². The number of para-hydroxylation sites is 1. The van der Waals surface area contributed by atoms with Crippen LogP contribution in [0.2, 0.25) is 0 Å². The van der Waals surface area contributed by atoms with Gasteiger partial charge >= 0.3 is 0 Å². The summed E-state index contributed by atoms with van der Waals surface area (Å²) < 4.78 is 5.83. The SMILES string of the molecule is Cc1oc2ccccc2c1C1NCCC(C)S1. The van der Waals surface area contributed by atoms with Crippen LogP contribution in [-0.4, -0.2) is 11.8 Å². The lowest BCUT2D eigenvalue weighted by molar-refractivity contribution is 0.554. The van der Waals surface area contributed by atoms with Crippen molar-refractivity contribution in [3.05, 3.63) is 35.6 Å². The minimum absolute atomic E-state index is 0.377. The van der Waals surface area contributed by atoms with Crippen LogP contribution in [0.15, 0.2) is 28.7 Å². The van der Waals surface area contributed by atoms with Crippen molar-refractivity contribution in [2.45, 2.75) is 30.9 Å². The van der Waals surface area contributed by atoms with Gasteiger partial charge in [0.25, 0.3) is 0 Å². The lowest BCUT2D eigenvalue weighted by Crippen LogP contribution is -2.29. The van der Waals surface area contributed by atoms with Crippen LogP contribution in [0.1, 0.15) is 30.0 Å². The number of fused-ring (bicyclic) bond motifs is 1. The third kappa shape index (κ3) is 1.98. The molecule has 2 nitrogen and oxygen atoms in total. The third-order valence-electron chi connectivity index (χ3n) is 3.33. The zero-order valence-corrected chi connectivity index (χ0v) is 11.0. The lowest BCUT2D eigenvalue weighted by Gasteiger charge is -2.27. The van der Waals surface area contributed by atoms with E-state index >= 15 is 0 Å². The second-order valence-corrected chi connectivity index (χ2v) is 6.19. The molecule has 0 aliphatic carbocycles.